The molecule has 1 unspecified atom stereocenters. The molecule has 1 aliphatic rings. The van der Waals surface area contributed by atoms with Crippen LogP contribution in [0.4, 0.5) is 15.9 Å². The molecule has 1 aliphatic heterocycles. The predicted octanol–water partition coefficient (Wildman–Crippen LogP) is 3.71. The molecule has 7 nitrogen and oxygen atoms in total. The number of nitrogens with zero attached hydrogens (tertiary/aromatic N) is 4. The largest absolute Gasteiger partial charge is 0.489 e. The molecule has 1 N–H and O–H groups in total. The minimum absolute atomic E-state index is 0.0339. The zero-order valence-corrected chi connectivity index (χ0v) is 18.2. The summed E-state index contributed by atoms with van der Waals surface area (Å²) >= 11 is 5.87. The van der Waals surface area contributed by atoms with Crippen molar-refractivity contribution in [3.05, 3.63) is 53.6 Å². The maximum absolute atomic E-state index is 14.3. The van der Waals surface area contributed by atoms with E-state index in [-0.39, 0.29) is 28.8 Å². The maximum Gasteiger partial charge on any atom is 0.239 e. The van der Waals surface area contributed by atoms with Crippen molar-refractivity contribution in [3.8, 4) is 5.75 Å². The molecule has 0 radical (unpaired) electrons. The Morgan fingerprint density at radius 3 is 2.87 bits per heavy atom. The fourth-order valence-corrected chi connectivity index (χ4v) is 3.93. The number of fused-ring (bicyclic) bond motifs is 1. The summed E-state index contributed by atoms with van der Waals surface area (Å²) < 4.78 is 20.4. The van der Waals surface area contributed by atoms with E-state index in [1.54, 1.807) is 31.1 Å². The second-order valence-corrected chi connectivity index (χ2v) is 8.20. The number of hydrogen-bond donors (Lipinski definition) is 1. The number of halogens is 2. The average molecular weight is 444 g/mol. The fourth-order valence-electron chi connectivity index (χ4n) is 3.75. The monoisotopic (exact) mass is 443 g/mol. The Balaban J connectivity index is 1.53. The highest BCUT2D eigenvalue weighted by Gasteiger charge is 2.36. The van der Waals surface area contributed by atoms with Crippen LogP contribution in [0.3, 0.4) is 0 Å². The SMILES string of the molecule is CN(C)C(=O)[C@@H]1CC(Oc2ccc3c(Nc4cccc(Cl)c4F)ncnc3c2)CN1C. The average Bonchev–Trinajstić information content (AvgIpc) is 3.10. The topological polar surface area (TPSA) is 70.6 Å². The van der Waals surface area contributed by atoms with E-state index in [0.717, 1.165) is 5.39 Å². The standard InChI is InChI=1S/C22H23ClFN5O2/c1-28(2)22(30)19-10-14(11-29(19)3)31-13-7-8-15-18(9-13)25-12-26-21(15)27-17-6-4-5-16(23)20(17)24/h4-9,12,14,19H,10-11H2,1-3H3,(H,25,26,27)/t14?,19-/m0/s1. The van der Waals surface area contributed by atoms with Gasteiger partial charge in [-0.25, -0.2) is 14.4 Å². The number of carbonyl (C=O) groups is 1. The first kappa shape index (κ1) is 21.3. The number of amides is 1. The Labute approximate surface area is 184 Å². The summed E-state index contributed by atoms with van der Waals surface area (Å²) in [5.74, 6) is 0.657. The first-order valence-corrected chi connectivity index (χ1v) is 10.2. The molecule has 1 fully saturated rings. The number of likely N-dealkylation sites (tertiary alicyclic amines) is 1. The normalized spacial score (nSPS) is 18.9. The molecule has 0 spiro atoms. The van der Waals surface area contributed by atoms with Crippen molar-refractivity contribution in [1.82, 2.24) is 19.8 Å². The molecule has 2 atom stereocenters. The lowest BCUT2D eigenvalue weighted by atomic mass is 10.1. The number of likely N-dealkylation sites (N-methyl/N-ethyl adjacent to an activating group) is 2. The van der Waals surface area contributed by atoms with Gasteiger partial charge in [-0.3, -0.25) is 9.69 Å². The predicted molar refractivity (Wildman–Crippen MR) is 118 cm³/mol. The van der Waals surface area contributed by atoms with Crippen LogP contribution in [0.2, 0.25) is 5.02 Å². The zero-order chi connectivity index (χ0) is 22.1. The van der Waals surface area contributed by atoms with Crippen LogP contribution in [0, 0.1) is 5.82 Å². The van der Waals surface area contributed by atoms with E-state index in [4.69, 9.17) is 16.3 Å². The number of carbonyl (C=O) groups excluding carboxylic acids is 1. The molecule has 2 aromatic carbocycles. The molecule has 4 rings (SSSR count). The van der Waals surface area contributed by atoms with Crippen LogP contribution >= 0.6 is 11.6 Å². The Kier molecular flexibility index (Phi) is 5.93. The lowest BCUT2D eigenvalue weighted by Crippen LogP contribution is -2.40. The van der Waals surface area contributed by atoms with Gasteiger partial charge in [0.2, 0.25) is 5.91 Å². The second-order valence-electron chi connectivity index (χ2n) is 7.79. The van der Waals surface area contributed by atoms with Crippen molar-refractivity contribution in [3.63, 3.8) is 0 Å². The maximum atomic E-state index is 14.3. The van der Waals surface area contributed by atoms with E-state index in [2.05, 4.69) is 15.3 Å². The first-order chi connectivity index (χ1) is 14.8. The van der Waals surface area contributed by atoms with Gasteiger partial charge in [0.15, 0.2) is 5.82 Å². The van der Waals surface area contributed by atoms with Crippen LogP contribution in [0.25, 0.3) is 10.9 Å². The van der Waals surface area contributed by atoms with Gasteiger partial charge >= 0.3 is 0 Å². The van der Waals surface area contributed by atoms with Gasteiger partial charge in [0.05, 0.1) is 22.3 Å². The van der Waals surface area contributed by atoms with Gasteiger partial charge in [0, 0.05) is 38.5 Å². The third-order valence-corrected chi connectivity index (χ3v) is 5.64. The molecular weight excluding hydrogens is 421 g/mol. The van der Waals surface area contributed by atoms with Crippen LogP contribution in [-0.2, 0) is 4.79 Å². The number of rotatable bonds is 5. The first-order valence-electron chi connectivity index (χ1n) is 9.87. The molecular formula is C22H23ClFN5O2. The summed E-state index contributed by atoms with van der Waals surface area (Å²) in [4.78, 5) is 24.5. The lowest BCUT2D eigenvalue weighted by Gasteiger charge is -2.21. The molecule has 0 saturated carbocycles. The molecule has 1 aromatic heterocycles. The number of benzene rings is 2. The van der Waals surface area contributed by atoms with E-state index in [1.807, 2.05) is 30.1 Å². The molecule has 162 valence electrons. The van der Waals surface area contributed by atoms with Gasteiger partial charge < -0.3 is 15.0 Å². The molecule has 3 aromatic rings. The summed E-state index contributed by atoms with van der Waals surface area (Å²) in [5.41, 5.74) is 0.892. The highest BCUT2D eigenvalue weighted by atomic mass is 35.5. The zero-order valence-electron chi connectivity index (χ0n) is 17.5. The number of anilines is 2. The van der Waals surface area contributed by atoms with Crippen LogP contribution < -0.4 is 10.1 Å². The summed E-state index contributed by atoms with van der Waals surface area (Å²) in [6.07, 6.45) is 1.93. The van der Waals surface area contributed by atoms with Gasteiger partial charge in [0.25, 0.3) is 0 Å². The number of nitrogens with one attached hydrogen (secondary N) is 1. The minimum Gasteiger partial charge on any atom is -0.489 e. The molecule has 31 heavy (non-hydrogen) atoms. The molecule has 1 amide bonds. The van der Waals surface area contributed by atoms with Gasteiger partial charge in [-0.15, -0.1) is 0 Å². The Morgan fingerprint density at radius 1 is 1.29 bits per heavy atom. The van der Waals surface area contributed by atoms with Crippen LogP contribution in [0.5, 0.6) is 5.75 Å². The van der Waals surface area contributed by atoms with Crippen molar-refractivity contribution in [2.75, 3.05) is 33.0 Å². The molecule has 0 aliphatic carbocycles. The second kappa shape index (κ2) is 8.64. The van der Waals surface area contributed by atoms with Gasteiger partial charge in [-0.1, -0.05) is 17.7 Å². The van der Waals surface area contributed by atoms with E-state index >= 15 is 0 Å². The van der Waals surface area contributed by atoms with Crippen molar-refractivity contribution < 1.29 is 13.9 Å². The molecule has 1 saturated heterocycles. The van der Waals surface area contributed by atoms with Crippen molar-refractivity contribution >= 4 is 39.9 Å². The van der Waals surface area contributed by atoms with E-state index in [9.17, 15) is 9.18 Å². The van der Waals surface area contributed by atoms with Crippen LogP contribution in [-0.4, -0.2) is 65.5 Å². The Bertz CT molecular complexity index is 1130. The van der Waals surface area contributed by atoms with E-state index in [1.165, 1.54) is 12.4 Å². The van der Waals surface area contributed by atoms with E-state index in [0.29, 0.717) is 30.0 Å². The third-order valence-electron chi connectivity index (χ3n) is 5.35. The highest BCUT2D eigenvalue weighted by Crippen LogP contribution is 2.30. The highest BCUT2D eigenvalue weighted by molar-refractivity contribution is 6.31. The molecule has 0 bridgehead atoms. The number of aromatic nitrogens is 2. The smallest absolute Gasteiger partial charge is 0.239 e. The summed E-state index contributed by atoms with van der Waals surface area (Å²) in [6.45, 7) is 0.660. The quantitative estimate of drug-likeness (QED) is 0.648. The summed E-state index contributed by atoms with van der Waals surface area (Å²) in [5, 5.41) is 3.74. The summed E-state index contributed by atoms with van der Waals surface area (Å²) in [7, 11) is 5.44. The molecule has 9 heteroatoms. The van der Waals surface area contributed by atoms with Gasteiger partial charge in [-0.05, 0) is 31.3 Å². The van der Waals surface area contributed by atoms with Gasteiger partial charge in [0.1, 0.15) is 24.0 Å². The van der Waals surface area contributed by atoms with Gasteiger partial charge in [-0.2, -0.15) is 0 Å². The van der Waals surface area contributed by atoms with Crippen molar-refractivity contribution in [2.24, 2.45) is 0 Å². The Morgan fingerprint density at radius 2 is 2.10 bits per heavy atom. The van der Waals surface area contributed by atoms with Crippen molar-refractivity contribution in [2.45, 2.75) is 18.6 Å². The number of hydrogen-bond acceptors (Lipinski definition) is 6. The fraction of sp³-hybridized carbons (Fsp3) is 0.318. The van der Waals surface area contributed by atoms with Crippen molar-refractivity contribution in [1.29, 1.82) is 0 Å². The lowest BCUT2D eigenvalue weighted by molar-refractivity contribution is -0.133. The van der Waals surface area contributed by atoms with Crippen LogP contribution in [0.15, 0.2) is 42.7 Å². The van der Waals surface area contributed by atoms with E-state index < -0.39 is 5.82 Å². The minimum atomic E-state index is -0.539. The third kappa shape index (κ3) is 4.40. The molecule has 2 heterocycles. The summed E-state index contributed by atoms with van der Waals surface area (Å²) in [6, 6.07) is 10.0. The number of ether oxygens (including phenoxy) is 1. The van der Waals surface area contributed by atoms with Crippen LogP contribution in [0.1, 0.15) is 6.42 Å². The Hall–Kier alpha value is -2.97.